The number of aromatic nitrogens is 2. The van der Waals surface area contributed by atoms with Gasteiger partial charge in [-0.2, -0.15) is 0 Å². The molecule has 1 aromatic carbocycles. The molecule has 100 valence electrons. The van der Waals surface area contributed by atoms with Gasteiger partial charge in [-0.25, -0.2) is 14.4 Å². The van der Waals surface area contributed by atoms with E-state index in [-0.39, 0.29) is 5.82 Å². The van der Waals surface area contributed by atoms with E-state index in [0.717, 1.165) is 11.3 Å². The smallest absolute Gasteiger partial charge is 0.138 e. The number of aliphatic hydroxyl groups excluding tert-OH is 1. The summed E-state index contributed by atoms with van der Waals surface area (Å²) in [4.78, 5) is 9.10. The van der Waals surface area contributed by atoms with Gasteiger partial charge in [0.15, 0.2) is 0 Å². The van der Waals surface area contributed by atoms with Crippen LogP contribution in [0.1, 0.15) is 30.1 Å². The number of benzene rings is 1. The van der Waals surface area contributed by atoms with Crippen LogP contribution in [0.5, 0.6) is 0 Å². The molecule has 0 fully saturated rings. The molecule has 1 N–H and O–H groups in total. The summed E-state index contributed by atoms with van der Waals surface area (Å²) in [6, 6.07) is 6.63. The summed E-state index contributed by atoms with van der Waals surface area (Å²) in [5, 5.41) is 9.50. The molecule has 5 heteroatoms. The molecule has 0 amide bonds. The molecule has 0 unspecified atom stereocenters. The van der Waals surface area contributed by atoms with Crippen molar-refractivity contribution in [2.45, 2.75) is 30.6 Å². The SMILES string of the molecule is Cc1nc(CSc2ccccc2F)ncc1[C@@H](C)O. The average Bonchev–Trinajstić information content (AvgIpc) is 2.37. The summed E-state index contributed by atoms with van der Waals surface area (Å²) in [7, 11) is 0. The summed E-state index contributed by atoms with van der Waals surface area (Å²) in [6.45, 7) is 3.51. The third kappa shape index (κ3) is 3.52. The lowest BCUT2D eigenvalue weighted by molar-refractivity contribution is 0.197. The molecule has 0 spiro atoms. The van der Waals surface area contributed by atoms with Gasteiger partial charge in [0.25, 0.3) is 0 Å². The van der Waals surface area contributed by atoms with Gasteiger partial charge in [0.1, 0.15) is 11.6 Å². The molecule has 1 heterocycles. The highest BCUT2D eigenvalue weighted by Gasteiger charge is 2.09. The summed E-state index contributed by atoms with van der Waals surface area (Å²) in [6.07, 6.45) is 1.05. The van der Waals surface area contributed by atoms with Crippen molar-refractivity contribution < 1.29 is 9.50 Å². The Morgan fingerprint density at radius 3 is 2.74 bits per heavy atom. The number of hydrogen-bond acceptors (Lipinski definition) is 4. The summed E-state index contributed by atoms with van der Waals surface area (Å²) in [5.74, 6) is 0.905. The van der Waals surface area contributed by atoms with Crippen molar-refractivity contribution in [1.29, 1.82) is 0 Å². The molecule has 0 bridgehead atoms. The monoisotopic (exact) mass is 278 g/mol. The Balaban J connectivity index is 2.08. The molecule has 0 aliphatic heterocycles. The van der Waals surface area contributed by atoms with Gasteiger partial charge >= 0.3 is 0 Å². The van der Waals surface area contributed by atoms with Gasteiger partial charge < -0.3 is 5.11 Å². The van der Waals surface area contributed by atoms with E-state index in [0.29, 0.717) is 16.5 Å². The van der Waals surface area contributed by atoms with Crippen LogP contribution in [0.2, 0.25) is 0 Å². The van der Waals surface area contributed by atoms with E-state index in [1.54, 1.807) is 31.3 Å². The van der Waals surface area contributed by atoms with E-state index in [4.69, 9.17) is 0 Å². The number of halogens is 1. The maximum Gasteiger partial charge on any atom is 0.138 e. The quantitative estimate of drug-likeness (QED) is 0.872. The van der Waals surface area contributed by atoms with Gasteiger partial charge in [0, 0.05) is 22.3 Å². The lowest BCUT2D eigenvalue weighted by Crippen LogP contribution is -2.02. The van der Waals surface area contributed by atoms with Gasteiger partial charge in [-0.15, -0.1) is 11.8 Å². The Morgan fingerprint density at radius 1 is 1.37 bits per heavy atom. The summed E-state index contributed by atoms with van der Waals surface area (Å²) in [5.41, 5.74) is 1.48. The molecule has 2 aromatic rings. The number of nitrogens with zero attached hydrogens (tertiary/aromatic N) is 2. The zero-order chi connectivity index (χ0) is 13.8. The molecule has 0 radical (unpaired) electrons. The van der Waals surface area contributed by atoms with E-state index in [9.17, 15) is 9.50 Å². The van der Waals surface area contributed by atoms with Crippen LogP contribution >= 0.6 is 11.8 Å². The molecule has 0 saturated heterocycles. The van der Waals surface area contributed by atoms with Crippen molar-refractivity contribution in [3.63, 3.8) is 0 Å². The van der Waals surface area contributed by atoms with Crippen molar-refractivity contribution in [3.05, 3.63) is 53.4 Å². The molecule has 1 aromatic heterocycles. The first-order chi connectivity index (χ1) is 9.08. The first kappa shape index (κ1) is 14.0. The molecule has 0 aliphatic rings. The Hall–Kier alpha value is -1.46. The number of rotatable bonds is 4. The largest absolute Gasteiger partial charge is 0.389 e. The predicted molar refractivity (Wildman–Crippen MR) is 73.4 cm³/mol. The normalized spacial score (nSPS) is 12.4. The van der Waals surface area contributed by atoms with Crippen molar-refractivity contribution in [3.8, 4) is 0 Å². The van der Waals surface area contributed by atoms with Gasteiger partial charge in [-0.05, 0) is 26.0 Å². The molecule has 2 rings (SSSR count). The van der Waals surface area contributed by atoms with Crippen LogP contribution in [0.25, 0.3) is 0 Å². The third-order valence-corrected chi connectivity index (χ3v) is 3.76. The standard InChI is InChI=1S/C14H15FN2OS/c1-9-11(10(2)18)7-16-14(17-9)8-19-13-6-4-3-5-12(13)15/h3-7,10,18H,8H2,1-2H3/t10-/m1/s1. The fraction of sp³-hybridized carbons (Fsp3) is 0.286. The van der Waals surface area contributed by atoms with Crippen LogP contribution < -0.4 is 0 Å². The fourth-order valence-corrected chi connectivity index (χ4v) is 2.51. The highest BCUT2D eigenvalue weighted by atomic mass is 32.2. The maximum absolute atomic E-state index is 13.4. The Kier molecular flexibility index (Phi) is 4.50. The second-order valence-corrected chi connectivity index (χ2v) is 5.24. The molecular formula is C14H15FN2OS. The Labute approximate surface area is 115 Å². The average molecular weight is 278 g/mol. The first-order valence-corrected chi connectivity index (χ1v) is 6.94. The fourth-order valence-electron chi connectivity index (χ4n) is 1.71. The predicted octanol–water partition coefficient (Wildman–Crippen LogP) is 3.27. The van der Waals surface area contributed by atoms with Crippen LogP contribution in [0.15, 0.2) is 35.4 Å². The number of thioether (sulfide) groups is 1. The Bertz CT molecular complexity index is 575. The van der Waals surface area contributed by atoms with E-state index in [1.807, 2.05) is 6.92 Å². The topological polar surface area (TPSA) is 46.0 Å². The maximum atomic E-state index is 13.4. The minimum Gasteiger partial charge on any atom is -0.389 e. The second-order valence-electron chi connectivity index (χ2n) is 4.22. The Morgan fingerprint density at radius 2 is 2.11 bits per heavy atom. The second kappa shape index (κ2) is 6.12. The molecule has 1 atom stereocenters. The van der Waals surface area contributed by atoms with Crippen LogP contribution in [-0.2, 0) is 5.75 Å². The zero-order valence-electron chi connectivity index (χ0n) is 10.8. The number of aliphatic hydroxyl groups is 1. The lowest BCUT2D eigenvalue weighted by atomic mass is 10.1. The minimum atomic E-state index is -0.576. The van der Waals surface area contributed by atoms with Crippen molar-refractivity contribution in [2.24, 2.45) is 0 Å². The minimum absolute atomic E-state index is 0.232. The van der Waals surface area contributed by atoms with E-state index in [1.165, 1.54) is 17.8 Å². The van der Waals surface area contributed by atoms with Gasteiger partial charge in [-0.3, -0.25) is 0 Å². The molecule has 0 aliphatic carbocycles. The summed E-state index contributed by atoms with van der Waals surface area (Å²) >= 11 is 1.36. The first-order valence-electron chi connectivity index (χ1n) is 5.95. The summed E-state index contributed by atoms with van der Waals surface area (Å²) < 4.78 is 13.4. The van der Waals surface area contributed by atoms with Crippen molar-refractivity contribution >= 4 is 11.8 Å². The molecule has 3 nitrogen and oxygen atoms in total. The van der Waals surface area contributed by atoms with Crippen molar-refractivity contribution in [2.75, 3.05) is 0 Å². The highest BCUT2D eigenvalue weighted by molar-refractivity contribution is 7.98. The van der Waals surface area contributed by atoms with Gasteiger partial charge in [0.2, 0.25) is 0 Å². The van der Waals surface area contributed by atoms with Crippen LogP contribution in [0, 0.1) is 12.7 Å². The van der Waals surface area contributed by atoms with E-state index < -0.39 is 6.10 Å². The third-order valence-electron chi connectivity index (χ3n) is 2.71. The lowest BCUT2D eigenvalue weighted by Gasteiger charge is -2.09. The van der Waals surface area contributed by atoms with Crippen LogP contribution in [0.4, 0.5) is 4.39 Å². The van der Waals surface area contributed by atoms with Gasteiger partial charge in [0.05, 0.1) is 11.9 Å². The number of hydrogen-bond donors (Lipinski definition) is 1. The van der Waals surface area contributed by atoms with Crippen molar-refractivity contribution in [1.82, 2.24) is 9.97 Å². The van der Waals surface area contributed by atoms with E-state index >= 15 is 0 Å². The van der Waals surface area contributed by atoms with Crippen LogP contribution in [0.3, 0.4) is 0 Å². The number of aryl methyl sites for hydroxylation is 1. The molecule has 0 saturated carbocycles. The van der Waals surface area contributed by atoms with Gasteiger partial charge in [-0.1, -0.05) is 12.1 Å². The van der Waals surface area contributed by atoms with E-state index in [2.05, 4.69) is 9.97 Å². The zero-order valence-corrected chi connectivity index (χ0v) is 11.6. The van der Waals surface area contributed by atoms with Crippen LogP contribution in [-0.4, -0.2) is 15.1 Å². The molecular weight excluding hydrogens is 263 g/mol. The highest BCUT2D eigenvalue weighted by Crippen LogP contribution is 2.24. The molecule has 19 heavy (non-hydrogen) atoms.